The van der Waals surface area contributed by atoms with Crippen LogP contribution in [0.4, 0.5) is 5.69 Å². The van der Waals surface area contributed by atoms with E-state index < -0.39 is 10.0 Å². The molecule has 0 saturated carbocycles. The van der Waals surface area contributed by atoms with E-state index in [2.05, 4.69) is 5.32 Å². The van der Waals surface area contributed by atoms with Gasteiger partial charge < -0.3 is 9.73 Å². The number of hydrogen-bond donors (Lipinski definition) is 1. The summed E-state index contributed by atoms with van der Waals surface area (Å²) in [5, 5.41) is 3.50. The van der Waals surface area contributed by atoms with Gasteiger partial charge in [0, 0.05) is 30.3 Å². The second-order valence-corrected chi connectivity index (χ2v) is 9.87. The van der Waals surface area contributed by atoms with Crippen LogP contribution in [0, 0.1) is 0 Å². The van der Waals surface area contributed by atoms with E-state index in [9.17, 15) is 13.2 Å². The molecule has 0 aliphatic carbocycles. The van der Waals surface area contributed by atoms with Crippen LogP contribution in [0.15, 0.2) is 41.0 Å². The summed E-state index contributed by atoms with van der Waals surface area (Å²) in [4.78, 5) is 12.0. The second kappa shape index (κ2) is 11.0. The first-order valence-corrected chi connectivity index (χ1v) is 12.3. The smallest absolute Gasteiger partial charge is 0.232 e. The average molecular weight is 465 g/mol. The van der Waals surface area contributed by atoms with Gasteiger partial charge >= 0.3 is 0 Å². The van der Waals surface area contributed by atoms with E-state index in [0.29, 0.717) is 23.7 Å². The van der Waals surface area contributed by atoms with Crippen LogP contribution in [0.1, 0.15) is 18.6 Å². The minimum atomic E-state index is -3.55. The van der Waals surface area contributed by atoms with Crippen molar-refractivity contribution in [3.8, 4) is 0 Å². The zero-order valence-corrected chi connectivity index (χ0v) is 18.5. The fraction of sp³-hybridized carbons (Fsp3) is 0.389. The number of nitrogens with zero attached hydrogens (tertiary/aromatic N) is 1. The zero-order chi connectivity index (χ0) is 20.6. The van der Waals surface area contributed by atoms with E-state index in [1.54, 1.807) is 30.2 Å². The van der Waals surface area contributed by atoms with Crippen molar-refractivity contribution in [3.05, 3.63) is 52.4 Å². The van der Waals surface area contributed by atoms with Gasteiger partial charge in [0.15, 0.2) is 0 Å². The lowest BCUT2D eigenvalue weighted by atomic mass is 10.2. The Morgan fingerprint density at radius 3 is 2.75 bits per heavy atom. The third kappa shape index (κ3) is 7.58. The Labute approximate surface area is 179 Å². The standard InChI is InChI=1S/C18H22Cl2N2O4S2/c1-28(24,25)22(17-12-14(19)6-7-16(17)20)9-2-5-18(23)21-8-11-27-13-15-4-3-10-26-15/h3-4,6-7,10,12H,2,5,8-9,11,13H2,1H3,(H,21,23). The van der Waals surface area contributed by atoms with E-state index in [1.807, 2.05) is 12.1 Å². The first-order valence-electron chi connectivity index (χ1n) is 8.57. The minimum absolute atomic E-state index is 0.121. The molecule has 1 aromatic carbocycles. The number of anilines is 1. The molecule has 0 saturated heterocycles. The van der Waals surface area contributed by atoms with Gasteiger partial charge in [-0.15, -0.1) is 0 Å². The third-order valence-electron chi connectivity index (χ3n) is 3.74. The van der Waals surface area contributed by atoms with Crippen LogP contribution in [0.2, 0.25) is 10.0 Å². The highest BCUT2D eigenvalue weighted by Gasteiger charge is 2.20. The van der Waals surface area contributed by atoms with E-state index in [-0.39, 0.29) is 23.9 Å². The molecule has 0 bridgehead atoms. The Kier molecular flexibility index (Phi) is 9.01. The number of furan rings is 1. The van der Waals surface area contributed by atoms with E-state index in [4.69, 9.17) is 27.6 Å². The molecule has 0 atom stereocenters. The number of nitrogens with one attached hydrogen (secondary N) is 1. The van der Waals surface area contributed by atoms with Gasteiger partial charge in [0.1, 0.15) is 5.76 Å². The highest BCUT2D eigenvalue weighted by Crippen LogP contribution is 2.30. The number of carbonyl (C=O) groups excluding carboxylic acids is 1. The number of benzene rings is 1. The number of rotatable bonds is 11. The molecule has 154 valence electrons. The number of hydrogen-bond acceptors (Lipinski definition) is 5. The molecule has 0 unspecified atom stereocenters. The molecule has 28 heavy (non-hydrogen) atoms. The number of sulfonamides is 1. The molecule has 1 amide bonds. The van der Waals surface area contributed by atoms with Crippen molar-refractivity contribution in [2.75, 3.05) is 29.4 Å². The van der Waals surface area contributed by atoms with Crippen molar-refractivity contribution in [3.63, 3.8) is 0 Å². The Morgan fingerprint density at radius 1 is 1.29 bits per heavy atom. The normalized spacial score (nSPS) is 11.4. The predicted molar refractivity (Wildman–Crippen MR) is 116 cm³/mol. The first-order chi connectivity index (χ1) is 13.3. The van der Waals surface area contributed by atoms with Crippen LogP contribution in [0.5, 0.6) is 0 Å². The van der Waals surface area contributed by atoms with Gasteiger partial charge in [-0.1, -0.05) is 23.2 Å². The van der Waals surface area contributed by atoms with Gasteiger partial charge in [-0.2, -0.15) is 11.8 Å². The first kappa shape index (κ1) is 22.9. The summed E-state index contributed by atoms with van der Waals surface area (Å²) in [6.07, 6.45) is 3.31. The Hall–Kier alpha value is -1.35. The molecule has 10 heteroatoms. The van der Waals surface area contributed by atoms with Crippen molar-refractivity contribution < 1.29 is 17.6 Å². The van der Waals surface area contributed by atoms with Gasteiger partial charge in [-0.05, 0) is 36.8 Å². The van der Waals surface area contributed by atoms with Gasteiger partial charge in [0.25, 0.3) is 0 Å². The lowest BCUT2D eigenvalue weighted by Gasteiger charge is -2.23. The molecule has 2 rings (SSSR count). The minimum Gasteiger partial charge on any atom is -0.468 e. The Morgan fingerprint density at radius 2 is 2.07 bits per heavy atom. The summed E-state index contributed by atoms with van der Waals surface area (Å²) in [7, 11) is -3.55. The van der Waals surface area contributed by atoms with Gasteiger partial charge in [0.2, 0.25) is 15.9 Å². The van der Waals surface area contributed by atoms with Gasteiger partial charge in [-0.3, -0.25) is 9.10 Å². The molecular weight excluding hydrogens is 443 g/mol. The number of thioether (sulfide) groups is 1. The van der Waals surface area contributed by atoms with Crippen LogP contribution in [0.3, 0.4) is 0 Å². The molecule has 0 radical (unpaired) electrons. The van der Waals surface area contributed by atoms with Crippen LogP contribution in [0.25, 0.3) is 0 Å². The molecule has 0 spiro atoms. The lowest BCUT2D eigenvalue weighted by Crippen LogP contribution is -2.32. The molecule has 1 N–H and O–H groups in total. The summed E-state index contributed by atoms with van der Waals surface area (Å²) in [5.41, 5.74) is 0.311. The molecule has 0 aliphatic rings. The monoisotopic (exact) mass is 464 g/mol. The summed E-state index contributed by atoms with van der Waals surface area (Å²) >= 11 is 13.7. The molecule has 0 aliphatic heterocycles. The van der Waals surface area contributed by atoms with Crippen LogP contribution < -0.4 is 9.62 Å². The molecule has 2 aromatic rings. The summed E-state index contributed by atoms with van der Waals surface area (Å²) in [6, 6.07) is 8.39. The van der Waals surface area contributed by atoms with E-state index in [1.165, 1.54) is 10.4 Å². The quantitative estimate of drug-likeness (QED) is 0.504. The fourth-order valence-electron chi connectivity index (χ4n) is 2.44. The highest BCUT2D eigenvalue weighted by atomic mass is 35.5. The maximum absolute atomic E-state index is 12.1. The maximum Gasteiger partial charge on any atom is 0.232 e. The zero-order valence-electron chi connectivity index (χ0n) is 15.4. The van der Waals surface area contributed by atoms with Crippen molar-refractivity contribution in [1.82, 2.24) is 5.32 Å². The number of amides is 1. The van der Waals surface area contributed by atoms with Gasteiger partial charge in [0.05, 0.1) is 29.0 Å². The number of halogens is 2. The number of carbonyl (C=O) groups is 1. The molecule has 1 heterocycles. The third-order valence-corrected chi connectivity index (χ3v) is 6.45. The van der Waals surface area contributed by atoms with E-state index in [0.717, 1.165) is 23.5 Å². The summed E-state index contributed by atoms with van der Waals surface area (Å²) < 4.78 is 30.7. The molecule has 1 aromatic heterocycles. The molecule has 0 fully saturated rings. The topological polar surface area (TPSA) is 79.6 Å². The van der Waals surface area contributed by atoms with Crippen LogP contribution in [-0.4, -0.2) is 39.4 Å². The SMILES string of the molecule is CS(=O)(=O)N(CCCC(=O)NCCSCc1ccco1)c1cc(Cl)ccc1Cl. The van der Waals surface area contributed by atoms with Crippen LogP contribution in [-0.2, 0) is 20.6 Å². The van der Waals surface area contributed by atoms with E-state index >= 15 is 0 Å². The molecular formula is C18H22Cl2N2O4S2. The largest absolute Gasteiger partial charge is 0.468 e. The van der Waals surface area contributed by atoms with Crippen LogP contribution >= 0.6 is 35.0 Å². The Balaban J connectivity index is 1.75. The summed E-state index contributed by atoms with van der Waals surface area (Å²) in [6.45, 7) is 0.680. The summed E-state index contributed by atoms with van der Waals surface area (Å²) in [5.74, 6) is 2.30. The maximum atomic E-state index is 12.1. The van der Waals surface area contributed by atoms with Gasteiger partial charge in [-0.25, -0.2) is 8.42 Å². The molecule has 6 nitrogen and oxygen atoms in total. The van der Waals surface area contributed by atoms with Crippen molar-refractivity contribution in [2.24, 2.45) is 0 Å². The second-order valence-electron chi connectivity index (χ2n) is 6.02. The van der Waals surface area contributed by atoms with Crippen molar-refractivity contribution in [1.29, 1.82) is 0 Å². The fourth-order valence-corrected chi connectivity index (χ4v) is 4.60. The van der Waals surface area contributed by atoms with Crippen molar-refractivity contribution >= 4 is 56.6 Å². The van der Waals surface area contributed by atoms with Crippen molar-refractivity contribution in [2.45, 2.75) is 18.6 Å². The lowest BCUT2D eigenvalue weighted by molar-refractivity contribution is -0.121. The average Bonchev–Trinajstić information content (AvgIpc) is 3.13. The highest BCUT2D eigenvalue weighted by molar-refractivity contribution is 7.98. The Bertz CT molecular complexity index is 874. The predicted octanol–water partition coefficient (Wildman–Crippen LogP) is 4.18.